The summed E-state index contributed by atoms with van der Waals surface area (Å²) in [5.41, 5.74) is 11.4. The third-order valence-corrected chi connectivity index (χ3v) is 13.0. The third kappa shape index (κ3) is 6.06. The van der Waals surface area contributed by atoms with E-state index in [1.54, 1.807) is 6.20 Å². The third-order valence-electron chi connectivity index (χ3n) is 13.0. The van der Waals surface area contributed by atoms with Gasteiger partial charge in [-0.1, -0.05) is 153 Å². The number of pyridine rings is 2. The van der Waals surface area contributed by atoms with Crippen LogP contribution in [0.4, 0.5) is 0 Å². The van der Waals surface area contributed by atoms with Gasteiger partial charge in [0.15, 0.2) is 5.82 Å². The lowest BCUT2D eigenvalue weighted by molar-refractivity contribution is 0.661. The van der Waals surface area contributed by atoms with Crippen LogP contribution >= 0.6 is 0 Å². The van der Waals surface area contributed by atoms with Gasteiger partial charge in [0.2, 0.25) is 0 Å². The zero-order valence-electron chi connectivity index (χ0n) is 34.9. The molecule has 3 aromatic heterocycles. The van der Waals surface area contributed by atoms with Crippen molar-refractivity contribution in [3.05, 3.63) is 218 Å². The van der Waals surface area contributed by atoms with Crippen molar-refractivity contribution >= 4 is 53.9 Å². The van der Waals surface area contributed by atoms with Gasteiger partial charge in [-0.2, -0.15) is 0 Å². The number of hydrogen-bond donors (Lipinski definition) is 0. The Morgan fingerprint density at radius 3 is 1.49 bits per heavy atom. The van der Waals surface area contributed by atoms with Gasteiger partial charge in [0.05, 0.1) is 17.1 Å². The minimum Gasteiger partial charge on any atom is -0.264 e. The standard InChI is InChI=1S/C59H40N4/c1-59(2)53-25-13-12-24-48(53)52-32-50-49-31-38(56-34-57(63-58(62-56)37-15-4-3-5-16-37)40-27-29-55(61-36-40)39-17-14-30-60-35-39)26-28-47(49)45-22-9-8-20-43(45)41-18-6-7-19-42(41)44-21-10-11-23-46(44)51(50)33-54(52)59/h3-36H,1-2H3. The SMILES string of the molecule is CC1(C)c2ccccc2-c2cc3c4cc(-c5cc(-c6ccc(-c7cccnc7)nc6)nc(-c6ccccc6)n5)ccc4c4ccccc4c4ccccc4c4ccccc4c3cc21. The van der Waals surface area contributed by atoms with E-state index in [0.29, 0.717) is 5.82 Å². The van der Waals surface area contributed by atoms with Gasteiger partial charge in [0.25, 0.3) is 0 Å². The Balaban J connectivity index is 1.21. The van der Waals surface area contributed by atoms with Gasteiger partial charge in [-0.25, -0.2) is 9.97 Å². The first kappa shape index (κ1) is 36.7. The summed E-state index contributed by atoms with van der Waals surface area (Å²) in [5.74, 6) is 0.660. The van der Waals surface area contributed by atoms with Gasteiger partial charge in [0.1, 0.15) is 0 Å². The fraction of sp³-hybridized carbons (Fsp3) is 0.0508. The monoisotopic (exact) mass is 804 g/mol. The molecule has 0 unspecified atom stereocenters. The fourth-order valence-corrected chi connectivity index (χ4v) is 9.90. The summed E-state index contributed by atoms with van der Waals surface area (Å²) >= 11 is 0. The second-order valence-corrected chi connectivity index (χ2v) is 17.0. The van der Waals surface area contributed by atoms with E-state index in [0.717, 1.165) is 44.7 Å². The molecule has 1 aliphatic rings. The normalized spacial score (nSPS) is 12.7. The van der Waals surface area contributed by atoms with Crippen LogP contribution in [0, 0.1) is 0 Å². The minimum absolute atomic E-state index is 0.170. The molecule has 1 aliphatic carbocycles. The highest BCUT2D eigenvalue weighted by Gasteiger charge is 2.35. The molecule has 0 saturated heterocycles. The average Bonchev–Trinajstić information content (AvgIpc) is 3.58. The summed E-state index contributed by atoms with van der Waals surface area (Å²) in [7, 11) is 0. The minimum atomic E-state index is -0.170. The lowest BCUT2D eigenvalue weighted by Gasteiger charge is -2.22. The van der Waals surface area contributed by atoms with Gasteiger partial charge in [0, 0.05) is 46.3 Å². The molecule has 0 atom stereocenters. The van der Waals surface area contributed by atoms with Crippen LogP contribution in [0.15, 0.2) is 207 Å². The van der Waals surface area contributed by atoms with Gasteiger partial charge in [-0.15, -0.1) is 0 Å². The van der Waals surface area contributed by atoms with Crippen molar-refractivity contribution in [1.82, 2.24) is 19.9 Å². The summed E-state index contributed by atoms with van der Waals surface area (Å²) in [6.07, 6.45) is 5.52. The van der Waals surface area contributed by atoms with Crippen LogP contribution in [0.25, 0.3) is 110 Å². The molecule has 296 valence electrons. The smallest absolute Gasteiger partial charge is 0.160 e. The molecule has 0 radical (unpaired) electrons. The maximum Gasteiger partial charge on any atom is 0.160 e. The quantitative estimate of drug-likeness (QED) is 0.178. The van der Waals surface area contributed by atoms with E-state index in [4.69, 9.17) is 15.0 Å². The molecule has 0 saturated carbocycles. The number of fused-ring (bicyclic) bond motifs is 13. The van der Waals surface area contributed by atoms with Gasteiger partial charge < -0.3 is 0 Å². The number of nitrogens with zero attached hydrogens (tertiary/aromatic N) is 4. The Labute approximate surface area is 365 Å². The lowest BCUT2D eigenvalue weighted by Crippen LogP contribution is -2.14. The topological polar surface area (TPSA) is 51.6 Å². The molecule has 0 amide bonds. The maximum absolute atomic E-state index is 5.32. The summed E-state index contributed by atoms with van der Waals surface area (Å²) in [6.45, 7) is 4.74. The Kier molecular flexibility index (Phi) is 8.48. The molecule has 12 rings (SSSR count). The van der Waals surface area contributed by atoms with Crippen molar-refractivity contribution in [1.29, 1.82) is 0 Å². The van der Waals surface area contributed by atoms with Gasteiger partial charge >= 0.3 is 0 Å². The van der Waals surface area contributed by atoms with Crippen molar-refractivity contribution in [2.75, 3.05) is 0 Å². The van der Waals surface area contributed by atoms with Crippen LogP contribution in [0.5, 0.6) is 0 Å². The van der Waals surface area contributed by atoms with Crippen molar-refractivity contribution in [3.63, 3.8) is 0 Å². The first-order chi connectivity index (χ1) is 31.0. The molecule has 3 heterocycles. The molecule has 4 heteroatoms. The van der Waals surface area contributed by atoms with Crippen LogP contribution in [0.3, 0.4) is 0 Å². The Morgan fingerprint density at radius 1 is 0.333 bits per heavy atom. The van der Waals surface area contributed by atoms with E-state index in [-0.39, 0.29) is 5.41 Å². The van der Waals surface area contributed by atoms with E-state index in [1.807, 2.05) is 48.8 Å². The first-order valence-electron chi connectivity index (χ1n) is 21.5. The number of benzene rings is 7. The molecule has 11 aromatic rings. The van der Waals surface area contributed by atoms with Crippen molar-refractivity contribution in [3.8, 4) is 56.3 Å². The number of hydrogen-bond acceptors (Lipinski definition) is 4. The molecule has 0 aliphatic heterocycles. The fourth-order valence-electron chi connectivity index (χ4n) is 9.90. The second kappa shape index (κ2) is 14.5. The zero-order chi connectivity index (χ0) is 42.1. The molecule has 8 aromatic carbocycles. The zero-order valence-corrected chi connectivity index (χ0v) is 34.9. The highest BCUT2D eigenvalue weighted by atomic mass is 14.9. The molecular weight excluding hydrogens is 765 g/mol. The van der Waals surface area contributed by atoms with E-state index in [1.165, 1.54) is 70.7 Å². The summed E-state index contributed by atoms with van der Waals surface area (Å²) < 4.78 is 0. The van der Waals surface area contributed by atoms with E-state index in [9.17, 15) is 0 Å². The summed E-state index contributed by atoms with van der Waals surface area (Å²) in [4.78, 5) is 19.6. The van der Waals surface area contributed by atoms with Crippen LogP contribution < -0.4 is 0 Å². The predicted octanol–water partition coefficient (Wildman–Crippen LogP) is 15.1. The molecule has 63 heavy (non-hydrogen) atoms. The van der Waals surface area contributed by atoms with Crippen LogP contribution in [0.2, 0.25) is 0 Å². The number of aromatic nitrogens is 4. The molecule has 0 N–H and O–H groups in total. The molecule has 0 fully saturated rings. The maximum atomic E-state index is 5.32. The largest absolute Gasteiger partial charge is 0.264 e. The summed E-state index contributed by atoms with van der Waals surface area (Å²) in [6, 6.07) is 67.9. The van der Waals surface area contributed by atoms with Crippen LogP contribution in [-0.4, -0.2) is 19.9 Å². The van der Waals surface area contributed by atoms with E-state index in [2.05, 4.69) is 170 Å². The van der Waals surface area contributed by atoms with Gasteiger partial charge in [-0.05, 0) is 125 Å². The predicted molar refractivity (Wildman–Crippen MR) is 262 cm³/mol. The first-order valence-corrected chi connectivity index (χ1v) is 21.5. The Bertz CT molecular complexity index is 3690. The lowest BCUT2D eigenvalue weighted by atomic mass is 9.81. The van der Waals surface area contributed by atoms with Crippen molar-refractivity contribution in [2.24, 2.45) is 0 Å². The highest BCUT2D eigenvalue weighted by molar-refractivity contribution is 6.27. The van der Waals surface area contributed by atoms with Crippen LogP contribution in [0.1, 0.15) is 25.0 Å². The van der Waals surface area contributed by atoms with E-state index < -0.39 is 0 Å². The summed E-state index contributed by atoms with van der Waals surface area (Å²) in [5, 5.41) is 12.0. The number of rotatable bonds is 4. The van der Waals surface area contributed by atoms with E-state index >= 15 is 0 Å². The Hall–Kier alpha value is -8.08. The van der Waals surface area contributed by atoms with Crippen molar-refractivity contribution in [2.45, 2.75) is 19.3 Å². The van der Waals surface area contributed by atoms with Crippen LogP contribution in [-0.2, 0) is 5.41 Å². The van der Waals surface area contributed by atoms with Crippen molar-refractivity contribution < 1.29 is 0 Å². The van der Waals surface area contributed by atoms with Gasteiger partial charge in [-0.3, -0.25) is 9.97 Å². The highest BCUT2D eigenvalue weighted by Crippen LogP contribution is 2.51. The molecule has 0 bridgehead atoms. The molecular formula is C59H40N4. The molecule has 4 nitrogen and oxygen atoms in total. The second-order valence-electron chi connectivity index (χ2n) is 17.0. The molecule has 0 spiro atoms. The average molecular weight is 805 g/mol. The Morgan fingerprint density at radius 2 is 0.857 bits per heavy atom.